The van der Waals surface area contributed by atoms with Crippen molar-refractivity contribution in [1.29, 1.82) is 0 Å². The molecule has 0 bridgehead atoms. The summed E-state index contributed by atoms with van der Waals surface area (Å²) in [4.78, 5) is 0. The lowest BCUT2D eigenvalue weighted by molar-refractivity contribution is -0.207. The molecule has 3 heteroatoms. The second kappa shape index (κ2) is 6.71. The molecular formula is C24H42O3. The monoisotopic (exact) mass is 378 g/mol. The zero-order valence-corrected chi connectivity index (χ0v) is 18.1. The fourth-order valence-electron chi connectivity index (χ4n) is 8.53. The van der Waals surface area contributed by atoms with E-state index in [1.54, 1.807) is 0 Å². The van der Waals surface area contributed by atoms with E-state index in [0.717, 1.165) is 38.5 Å². The van der Waals surface area contributed by atoms with Crippen LogP contribution in [0.1, 0.15) is 79.6 Å². The third-order valence-corrected chi connectivity index (χ3v) is 10.5. The third kappa shape index (κ3) is 2.78. The first-order valence-electron chi connectivity index (χ1n) is 11.6. The molecule has 0 saturated heterocycles. The van der Waals surface area contributed by atoms with Crippen LogP contribution in [0, 0.1) is 52.3 Å². The lowest BCUT2D eigenvalue weighted by atomic mass is 9.43. The van der Waals surface area contributed by atoms with E-state index in [-0.39, 0.29) is 29.1 Å². The van der Waals surface area contributed by atoms with Crippen LogP contribution in [0.4, 0.5) is 0 Å². The number of rotatable bonds is 2. The summed E-state index contributed by atoms with van der Waals surface area (Å²) in [6.45, 7) is 11.8. The summed E-state index contributed by atoms with van der Waals surface area (Å²) in [6, 6.07) is 0. The molecule has 0 spiro atoms. The predicted octanol–water partition coefficient (Wildman–Crippen LogP) is 4.24. The quantitative estimate of drug-likeness (QED) is 0.673. The smallest absolute Gasteiger partial charge is 0.0602 e. The van der Waals surface area contributed by atoms with Crippen molar-refractivity contribution >= 4 is 0 Å². The maximum absolute atomic E-state index is 11.5. The third-order valence-electron chi connectivity index (χ3n) is 10.5. The molecule has 11 atom stereocenters. The van der Waals surface area contributed by atoms with Gasteiger partial charge in [0.2, 0.25) is 0 Å². The molecule has 4 rings (SSSR count). The summed E-state index contributed by atoms with van der Waals surface area (Å²) < 4.78 is 0. The van der Waals surface area contributed by atoms with Crippen LogP contribution >= 0.6 is 0 Å². The molecule has 4 saturated carbocycles. The molecule has 4 aliphatic rings. The normalized spacial score (nSPS) is 56.3. The van der Waals surface area contributed by atoms with E-state index in [1.165, 1.54) is 6.42 Å². The lowest BCUT2D eigenvalue weighted by Gasteiger charge is -2.63. The summed E-state index contributed by atoms with van der Waals surface area (Å²) in [5.41, 5.74) is 0.121. The molecule has 0 aromatic carbocycles. The van der Waals surface area contributed by atoms with Crippen molar-refractivity contribution in [2.24, 2.45) is 52.3 Å². The van der Waals surface area contributed by atoms with Gasteiger partial charge in [0, 0.05) is 0 Å². The van der Waals surface area contributed by atoms with Crippen LogP contribution in [0.15, 0.2) is 0 Å². The van der Waals surface area contributed by atoms with Crippen LogP contribution in [-0.4, -0.2) is 33.6 Å². The van der Waals surface area contributed by atoms with Crippen LogP contribution < -0.4 is 0 Å². The van der Waals surface area contributed by atoms with E-state index < -0.39 is 0 Å². The zero-order valence-electron chi connectivity index (χ0n) is 18.1. The highest BCUT2D eigenvalue weighted by Gasteiger charge is 2.65. The Kier molecular flexibility index (Phi) is 5.01. The minimum atomic E-state index is -0.261. The molecule has 0 amide bonds. The van der Waals surface area contributed by atoms with Gasteiger partial charge in [0.05, 0.1) is 18.3 Å². The molecule has 0 aromatic rings. The molecule has 3 N–H and O–H groups in total. The van der Waals surface area contributed by atoms with Gasteiger partial charge in [-0.3, -0.25) is 0 Å². The van der Waals surface area contributed by atoms with Crippen LogP contribution in [-0.2, 0) is 0 Å². The number of hydrogen-bond acceptors (Lipinski definition) is 3. The van der Waals surface area contributed by atoms with Gasteiger partial charge in [-0.05, 0) is 97.2 Å². The first-order valence-corrected chi connectivity index (χ1v) is 11.6. The first-order chi connectivity index (χ1) is 12.6. The van der Waals surface area contributed by atoms with Crippen molar-refractivity contribution in [3.63, 3.8) is 0 Å². The van der Waals surface area contributed by atoms with Crippen molar-refractivity contribution in [3.8, 4) is 0 Å². The van der Waals surface area contributed by atoms with Crippen molar-refractivity contribution in [2.75, 3.05) is 0 Å². The number of fused-ring (bicyclic) bond motifs is 5. The van der Waals surface area contributed by atoms with Gasteiger partial charge in [-0.1, -0.05) is 34.6 Å². The second-order valence-corrected chi connectivity index (χ2v) is 11.6. The van der Waals surface area contributed by atoms with E-state index >= 15 is 0 Å². The SMILES string of the molecule is CC(C)C(C)C1CCC2C3C(O)CC4CC(O)CCC4(C)C3CC(O)C12C. The highest BCUT2D eigenvalue weighted by atomic mass is 16.3. The summed E-state index contributed by atoms with van der Waals surface area (Å²) in [6.07, 6.45) is 6.11. The molecule has 0 aromatic heterocycles. The Morgan fingerprint density at radius 1 is 0.852 bits per heavy atom. The number of hydrogen-bond donors (Lipinski definition) is 3. The summed E-state index contributed by atoms with van der Waals surface area (Å²) in [5.74, 6) is 3.38. The van der Waals surface area contributed by atoms with Crippen molar-refractivity contribution in [3.05, 3.63) is 0 Å². The maximum Gasteiger partial charge on any atom is 0.0602 e. The molecule has 4 aliphatic carbocycles. The summed E-state index contributed by atoms with van der Waals surface area (Å²) in [7, 11) is 0. The van der Waals surface area contributed by atoms with Gasteiger partial charge in [-0.25, -0.2) is 0 Å². The Morgan fingerprint density at radius 3 is 2.22 bits per heavy atom. The van der Waals surface area contributed by atoms with E-state index in [1.807, 2.05) is 0 Å². The molecule has 4 fully saturated rings. The van der Waals surface area contributed by atoms with Gasteiger partial charge in [-0.15, -0.1) is 0 Å². The Bertz CT molecular complexity index is 562. The zero-order chi connectivity index (χ0) is 19.7. The highest BCUT2D eigenvalue weighted by Crippen LogP contribution is 2.68. The van der Waals surface area contributed by atoms with Gasteiger partial charge in [0.15, 0.2) is 0 Å². The Morgan fingerprint density at radius 2 is 1.56 bits per heavy atom. The Hall–Kier alpha value is -0.120. The van der Waals surface area contributed by atoms with Crippen molar-refractivity contribution < 1.29 is 15.3 Å². The maximum atomic E-state index is 11.5. The first kappa shape index (κ1) is 20.2. The average molecular weight is 379 g/mol. The van der Waals surface area contributed by atoms with Gasteiger partial charge < -0.3 is 15.3 Å². The predicted molar refractivity (Wildman–Crippen MR) is 108 cm³/mol. The number of aliphatic hydroxyl groups excluding tert-OH is 3. The van der Waals surface area contributed by atoms with E-state index in [2.05, 4.69) is 34.6 Å². The summed E-state index contributed by atoms with van der Waals surface area (Å²) in [5, 5.41) is 33.0. The largest absolute Gasteiger partial charge is 0.393 e. The standard InChI is InChI=1S/C24H42O3/c1-13(2)14(3)17-6-7-18-22-19(12-21(27)24(17,18)5)23(4)9-8-16(25)10-15(23)11-20(22)26/h13-22,25-27H,6-12H2,1-5H3. The molecule has 27 heavy (non-hydrogen) atoms. The van der Waals surface area contributed by atoms with Gasteiger partial charge in [0.1, 0.15) is 0 Å². The fraction of sp³-hybridized carbons (Fsp3) is 1.00. The minimum absolute atomic E-state index is 0.0524. The Balaban J connectivity index is 1.68. The number of aliphatic hydroxyl groups is 3. The van der Waals surface area contributed by atoms with Crippen molar-refractivity contribution in [2.45, 2.75) is 97.9 Å². The van der Waals surface area contributed by atoms with Crippen LogP contribution in [0.2, 0.25) is 0 Å². The van der Waals surface area contributed by atoms with E-state index in [0.29, 0.717) is 41.4 Å². The van der Waals surface area contributed by atoms with Gasteiger partial charge >= 0.3 is 0 Å². The fourth-order valence-corrected chi connectivity index (χ4v) is 8.53. The molecule has 0 radical (unpaired) electrons. The lowest BCUT2D eigenvalue weighted by Crippen LogP contribution is -2.62. The molecule has 11 unspecified atom stereocenters. The average Bonchev–Trinajstić information content (AvgIpc) is 2.95. The van der Waals surface area contributed by atoms with Gasteiger partial charge in [-0.2, -0.15) is 0 Å². The second-order valence-electron chi connectivity index (χ2n) is 11.6. The molecule has 0 aliphatic heterocycles. The molecule has 3 nitrogen and oxygen atoms in total. The van der Waals surface area contributed by atoms with E-state index in [4.69, 9.17) is 0 Å². The highest BCUT2D eigenvalue weighted by molar-refractivity contribution is 5.14. The molecular weight excluding hydrogens is 336 g/mol. The summed E-state index contributed by atoms with van der Waals surface area (Å²) >= 11 is 0. The van der Waals surface area contributed by atoms with Crippen LogP contribution in [0.3, 0.4) is 0 Å². The Labute approximate surface area is 165 Å². The molecule has 0 heterocycles. The van der Waals surface area contributed by atoms with E-state index in [9.17, 15) is 15.3 Å². The molecule has 156 valence electrons. The topological polar surface area (TPSA) is 60.7 Å². The van der Waals surface area contributed by atoms with Gasteiger partial charge in [0.25, 0.3) is 0 Å². The minimum Gasteiger partial charge on any atom is -0.393 e. The van der Waals surface area contributed by atoms with Crippen LogP contribution in [0.25, 0.3) is 0 Å². The van der Waals surface area contributed by atoms with Crippen molar-refractivity contribution in [1.82, 2.24) is 0 Å². The van der Waals surface area contributed by atoms with Crippen LogP contribution in [0.5, 0.6) is 0 Å².